The number of nitro groups is 1. The fraction of sp³-hybridized carbons (Fsp3) is 0.316. The number of carbonyl (C=O) groups is 1. The molecule has 7 nitrogen and oxygen atoms in total. The summed E-state index contributed by atoms with van der Waals surface area (Å²) in [7, 11) is 0. The molecule has 0 spiro atoms. The molecular formula is C19H22N4O3. The van der Waals surface area contributed by atoms with Crippen molar-refractivity contribution >= 4 is 28.7 Å². The third-order valence-corrected chi connectivity index (χ3v) is 4.76. The van der Waals surface area contributed by atoms with Gasteiger partial charge in [0, 0.05) is 36.4 Å². The first-order valence-corrected chi connectivity index (χ1v) is 8.60. The lowest BCUT2D eigenvalue weighted by Gasteiger charge is -2.32. The number of primary amides is 1. The second-order valence-corrected chi connectivity index (χ2v) is 6.61. The first-order valence-electron chi connectivity index (χ1n) is 8.60. The lowest BCUT2D eigenvalue weighted by Crippen LogP contribution is -2.38. The Kier molecular flexibility index (Phi) is 5.06. The van der Waals surface area contributed by atoms with E-state index in [4.69, 9.17) is 5.73 Å². The van der Waals surface area contributed by atoms with Crippen LogP contribution in [0.5, 0.6) is 0 Å². The van der Waals surface area contributed by atoms with E-state index in [9.17, 15) is 14.9 Å². The molecule has 1 aliphatic rings. The second kappa shape index (κ2) is 7.43. The topological polar surface area (TPSA) is 102 Å². The molecule has 136 valence electrons. The zero-order chi connectivity index (χ0) is 18.7. The Hall–Kier alpha value is -3.09. The van der Waals surface area contributed by atoms with E-state index in [1.807, 2.05) is 37.3 Å². The molecule has 0 aromatic heterocycles. The van der Waals surface area contributed by atoms with Crippen LogP contribution in [0.1, 0.15) is 18.4 Å². The monoisotopic (exact) mass is 354 g/mol. The number of carbonyl (C=O) groups excluding carboxylic acids is 1. The van der Waals surface area contributed by atoms with Gasteiger partial charge in [-0.2, -0.15) is 0 Å². The average molecular weight is 354 g/mol. The molecule has 1 amide bonds. The molecule has 26 heavy (non-hydrogen) atoms. The Morgan fingerprint density at radius 1 is 1.19 bits per heavy atom. The summed E-state index contributed by atoms with van der Waals surface area (Å²) in [6, 6.07) is 12.9. The van der Waals surface area contributed by atoms with Gasteiger partial charge in [-0.15, -0.1) is 0 Å². The maximum atomic E-state index is 11.3. The van der Waals surface area contributed by atoms with Gasteiger partial charge in [0.2, 0.25) is 5.91 Å². The van der Waals surface area contributed by atoms with Crippen LogP contribution in [0.2, 0.25) is 0 Å². The van der Waals surface area contributed by atoms with Crippen molar-refractivity contribution in [3.8, 4) is 0 Å². The van der Waals surface area contributed by atoms with Crippen molar-refractivity contribution < 1.29 is 9.72 Å². The quantitative estimate of drug-likeness (QED) is 0.633. The summed E-state index contributed by atoms with van der Waals surface area (Å²) in [4.78, 5) is 24.3. The number of amides is 1. The molecule has 2 aromatic rings. The van der Waals surface area contributed by atoms with E-state index in [0.717, 1.165) is 42.9 Å². The van der Waals surface area contributed by atoms with Crippen molar-refractivity contribution in [2.45, 2.75) is 19.8 Å². The maximum absolute atomic E-state index is 11.3. The number of nitrogens with zero attached hydrogens (tertiary/aromatic N) is 2. The molecule has 2 aromatic carbocycles. The number of anilines is 3. The zero-order valence-electron chi connectivity index (χ0n) is 14.6. The molecule has 0 radical (unpaired) electrons. The Labute approximate surface area is 152 Å². The van der Waals surface area contributed by atoms with Crippen LogP contribution in [-0.2, 0) is 4.79 Å². The number of nitrogens with two attached hydrogens (primary N) is 1. The molecule has 1 saturated heterocycles. The molecule has 0 saturated carbocycles. The Morgan fingerprint density at radius 3 is 2.42 bits per heavy atom. The van der Waals surface area contributed by atoms with Gasteiger partial charge in [-0.25, -0.2) is 0 Å². The summed E-state index contributed by atoms with van der Waals surface area (Å²) in [5, 5.41) is 14.3. The number of rotatable bonds is 5. The van der Waals surface area contributed by atoms with Gasteiger partial charge in [-0.05, 0) is 55.7 Å². The van der Waals surface area contributed by atoms with Crippen molar-refractivity contribution in [2.75, 3.05) is 23.3 Å². The van der Waals surface area contributed by atoms with Gasteiger partial charge < -0.3 is 16.0 Å². The van der Waals surface area contributed by atoms with E-state index in [2.05, 4.69) is 10.2 Å². The first kappa shape index (κ1) is 17.7. The molecule has 3 rings (SSSR count). The Balaban J connectivity index is 1.69. The van der Waals surface area contributed by atoms with Gasteiger partial charge in [-0.3, -0.25) is 14.9 Å². The highest BCUT2D eigenvalue weighted by molar-refractivity contribution is 5.77. The zero-order valence-corrected chi connectivity index (χ0v) is 14.6. The summed E-state index contributed by atoms with van der Waals surface area (Å²) < 4.78 is 0. The third-order valence-electron chi connectivity index (χ3n) is 4.76. The van der Waals surface area contributed by atoms with E-state index in [1.165, 1.54) is 0 Å². The highest BCUT2D eigenvalue weighted by Crippen LogP contribution is 2.30. The number of hydrogen-bond donors (Lipinski definition) is 2. The van der Waals surface area contributed by atoms with E-state index in [0.29, 0.717) is 5.69 Å². The summed E-state index contributed by atoms with van der Waals surface area (Å²) in [5.41, 5.74) is 8.60. The van der Waals surface area contributed by atoms with E-state index in [-0.39, 0.29) is 22.4 Å². The van der Waals surface area contributed by atoms with Gasteiger partial charge in [-0.1, -0.05) is 6.07 Å². The standard InChI is InChI=1S/C19H22N4O3/c1-13-2-7-17(18(12-13)23(25)26)21-15-3-5-16(6-4-15)22-10-8-14(9-11-22)19(20)24/h2-7,12,14,21H,8-11H2,1H3,(H2,20,24). The first-order chi connectivity index (χ1) is 12.4. The summed E-state index contributed by atoms with van der Waals surface area (Å²) in [6.07, 6.45) is 1.54. The SMILES string of the molecule is Cc1ccc(Nc2ccc(N3CCC(C(N)=O)CC3)cc2)c([N+](=O)[O-])c1. The van der Waals surface area contributed by atoms with Gasteiger partial charge in [0.1, 0.15) is 5.69 Å². The van der Waals surface area contributed by atoms with Crippen LogP contribution < -0.4 is 16.0 Å². The van der Waals surface area contributed by atoms with Crippen LogP contribution >= 0.6 is 0 Å². The molecule has 0 unspecified atom stereocenters. The van der Waals surface area contributed by atoms with Crippen molar-refractivity contribution in [1.82, 2.24) is 0 Å². The van der Waals surface area contributed by atoms with E-state index < -0.39 is 0 Å². The molecule has 3 N–H and O–H groups in total. The molecule has 0 atom stereocenters. The average Bonchev–Trinajstić information content (AvgIpc) is 2.64. The minimum Gasteiger partial charge on any atom is -0.371 e. The number of hydrogen-bond acceptors (Lipinski definition) is 5. The molecule has 1 heterocycles. The predicted octanol–water partition coefficient (Wildman–Crippen LogP) is 3.35. The summed E-state index contributed by atoms with van der Waals surface area (Å²) >= 11 is 0. The van der Waals surface area contributed by atoms with Crippen molar-refractivity contribution in [3.63, 3.8) is 0 Å². The predicted molar refractivity (Wildman–Crippen MR) is 102 cm³/mol. The lowest BCUT2D eigenvalue weighted by atomic mass is 9.96. The van der Waals surface area contributed by atoms with Crippen LogP contribution in [0.4, 0.5) is 22.7 Å². The summed E-state index contributed by atoms with van der Waals surface area (Å²) in [6.45, 7) is 3.42. The number of aryl methyl sites for hydroxylation is 1. The largest absolute Gasteiger partial charge is 0.371 e. The Morgan fingerprint density at radius 2 is 1.85 bits per heavy atom. The molecule has 1 aliphatic heterocycles. The number of piperidine rings is 1. The fourth-order valence-corrected chi connectivity index (χ4v) is 3.23. The highest BCUT2D eigenvalue weighted by Gasteiger charge is 2.23. The second-order valence-electron chi connectivity index (χ2n) is 6.61. The molecular weight excluding hydrogens is 332 g/mol. The van der Waals surface area contributed by atoms with E-state index >= 15 is 0 Å². The molecule has 0 bridgehead atoms. The fourth-order valence-electron chi connectivity index (χ4n) is 3.23. The van der Waals surface area contributed by atoms with Crippen molar-refractivity contribution in [1.29, 1.82) is 0 Å². The van der Waals surface area contributed by atoms with E-state index in [1.54, 1.807) is 12.1 Å². The summed E-state index contributed by atoms with van der Waals surface area (Å²) in [5.74, 6) is -0.252. The van der Waals surface area contributed by atoms with Crippen LogP contribution in [0.25, 0.3) is 0 Å². The highest BCUT2D eigenvalue weighted by atomic mass is 16.6. The molecule has 1 fully saturated rings. The van der Waals surface area contributed by atoms with Gasteiger partial charge in [0.15, 0.2) is 0 Å². The number of nitro benzene ring substituents is 1. The molecule has 0 aliphatic carbocycles. The van der Waals surface area contributed by atoms with Crippen LogP contribution in [0, 0.1) is 23.0 Å². The van der Waals surface area contributed by atoms with Crippen LogP contribution in [0.3, 0.4) is 0 Å². The van der Waals surface area contributed by atoms with Gasteiger partial charge in [0.05, 0.1) is 4.92 Å². The number of benzene rings is 2. The van der Waals surface area contributed by atoms with Crippen molar-refractivity contribution in [3.05, 3.63) is 58.1 Å². The normalized spacial score (nSPS) is 14.9. The number of nitrogens with one attached hydrogen (secondary N) is 1. The third kappa shape index (κ3) is 3.93. The Bertz CT molecular complexity index is 812. The van der Waals surface area contributed by atoms with Crippen molar-refractivity contribution in [2.24, 2.45) is 11.7 Å². The van der Waals surface area contributed by atoms with Gasteiger partial charge in [0.25, 0.3) is 5.69 Å². The minimum absolute atomic E-state index is 0.0331. The maximum Gasteiger partial charge on any atom is 0.292 e. The van der Waals surface area contributed by atoms with Crippen LogP contribution in [0.15, 0.2) is 42.5 Å². The van der Waals surface area contributed by atoms with Gasteiger partial charge >= 0.3 is 0 Å². The van der Waals surface area contributed by atoms with Crippen LogP contribution in [-0.4, -0.2) is 23.9 Å². The molecule has 7 heteroatoms. The smallest absolute Gasteiger partial charge is 0.292 e. The minimum atomic E-state index is -0.382. The lowest BCUT2D eigenvalue weighted by molar-refractivity contribution is -0.384.